The maximum absolute atomic E-state index is 13.1. The Hall–Kier alpha value is -2.92. The Labute approximate surface area is 165 Å². The fraction of sp³-hybridized carbons (Fsp3) is 0.0909. The lowest BCUT2D eigenvalue weighted by atomic mass is 10.1. The molecule has 0 bridgehead atoms. The molecular weight excluding hydrogens is 402 g/mol. The predicted octanol–water partition coefficient (Wildman–Crippen LogP) is 4.88. The fourth-order valence-electron chi connectivity index (χ4n) is 3.03. The van der Waals surface area contributed by atoms with Gasteiger partial charge in [0, 0.05) is 10.0 Å². The Kier molecular flexibility index (Phi) is 4.77. The molecule has 0 radical (unpaired) electrons. The van der Waals surface area contributed by atoms with Crippen molar-refractivity contribution < 1.29 is 0 Å². The number of rotatable bonds is 4. The number of halogens is 1. The van der Waals surface area contributed by atoms with Crippen LogP contribution in [0.4, 0.5) is 0 Å². The minimum Gasteiger partial charge on any atom is -0.317 e. The third-order valence-electron chi connectivity index (χ3n) is 4.41. The summed E-state index contributed by atoms with van der Waals surface area (Å²) in [5.41, 5.74) is 6.95. The second kappa shape index (κ2) is 7.37. The quantitative estimate of drug-likeness (QED) is 0.512. The first-order valence-corrected chi connectivity index (χ1v) is 9.48. The van der Waals surface area contributed by atoms with Crippen LogP contribution >= 0.6 is 15.9 Å². The molecule has 0 saturated carbocycles. The van der Waals surface area contributed by atoms with Gasteiger partial charge in [0.25, 0.3) is 5.56 Å². The Morgan fingerprint density at radius 2 is 1.78 bits per heavy atom. The molecule has 4 nitrogen and oxygen atoms in total. The summed E-state index contributed by atoms with van der Waals surface area (Å²) >= 11 is 3.44. The van der Waals surface area contributed by atoms with Crippen molar-refractivity contribution in [3.8, 4) is 11.4 Å². The van der Waals surface area contributed by atoms with E-state index >= 15 is 0 Å². The molecule has 1 N–H and O–H groups in total. The van der Waals surface area contributed by atoms with Crippen LogP contribution in [-0.4, -0.2) is 9.66 Å². The van der Waals surface area contributed by atoms with Crippen molar-refractivity contribution in [2.24, 2.45) is 0 Å². The second-order valence-corrected chi connectivity index (χ2v) is 7.34. The van der Waals surface area contributed by atoms with E-state index in [1.165, 1.54) is 0 Å². The SMILES string of the molecule is Cc1cccc(-c2nc3ccccc3c(=O)n2NCc2ccc(Br)cc2)c1. The van der Waals surface area contributed by atoms with Crippen molar-refractivity contribution in [2.75, 3.05) is 5.43 Å². The smallest absolute Gasteiger partial charge is 0.280 e. The van der Waals surface area contributed by atoms with Crippen LogP contribution < -0.4 is 11.0 Å². The zero-order valence-electron chi connectivity index (χ0n) is 14.8. The fourth-order valence-corrected chi connectivity index (χ4v) is 3.29. The number of para-hydroxylation sites is 1. The van der Waals surface area contributed by atoms with Crippen LogP contribution in [0.15, 0.2) is 82.1 Å². The third kappa shape index (κ3) is 3.64. The first kappa shape index (κ1) is 17.5. The van der Waals surface area contributed by atoms with Gasteiger partial charge in [-0.1, -0.05) is 64.0 Å². The molecule has 1 heterocycles. The molecule has 4 aromatic rings. The molecule has 27 heavy (non-hydrogen) atoms. The highest BCUT2D eigenvalue weighted by Crippen LogP contribution is 2.19. The topological polar surface area (TPSA) is 46.9 Å². The zero-order valence-corrected chi connectivity index (χ0v) is 16.4. The van der Waals surface area contributed by atoms with E-state index in [0.29, 0.717) is 23.3 Å². The number of nitrogens with zero attached hydrogens (tertiary/aromatic N) is 2. The molecule has 1 aromatic heterocycles. The molecule has 0 atom stereocenters. The lowest BCUT2D eigenvalue weighted by Crippen LogP contribution is -2.31. The highest BCUT2D eigenvalue weighted by molar-refractivity contribution is 9.10. The monoisotopic (exact) mass is 419 g/mol. The summed E-state index contributed by atoms with van der Waals surface area (Å²) in [6.07, 6.45) is 0. The zero-order chi connectivity index (χ0) is 18.8. The first-order valence-electron chi connectivity index (χ1n) is 8.69. The van der Waals surface area contributed by atoms with Crippen molar-refractivity contribution in [3.05, 3.63) is 98.7 Å². The van der Waals surface area contributed by atoms with Gasteiger partial charge in [0.15, 0.2) is 5.82 Å². The summed E-state index contributed by atoms with van der Waals surface area (Å²) in [5.74, 6) is 0.611. The van der Waals surface area contributed by atoms with Crippen LogP contribution in [0.3, 0.4) is 0 Å². The summed E-state index contributed by atoms with van der Waals surface area (Å²) in [5, 5.41) is 0.595. The normalized spacial score (nSPS) is 10.9. The summed E-state index contributed by atoms with van der Waals surface area (Å²) in [6.45, 7) is 2.55. The van der Waals surface area contributed by atoms with Gasteiger partial charge in [-0.25, -0.2) is 9.66 Å². The van der Waals surface area contributed by atoms with Crippen LogP contribution in [0, 0.1) is 6.92 Å². The predicted molar refractivity (Wildman–Crippen MR) is 113 cm³/mol. The van der Waals surface area contributed by atoms with Gasteiger partial charge >= 0.3 is 0 Å². The van der Waals surface area contributed by atoms with Gasteiger partial charge in [-0.2, -0.15) is 0 Å². The molecule has 0 fully saturated rings. The maximum Gasteiger partial charge on any atom is 0.280 e. The van der Waals surface area contributed by atoms with E-state index < -0.39 is 0 Å². The Morgan fingerprint density at radius 3 is 2.56 bits per heavy atom. The molecule has 0 aliphatic rings. The Morgan fingerprint density at radius 1 is 1.00 bits per heavy atom. The van der Waals surface area contributed by atoms with Gasteiger partial charge in [-0.15, -0.1) is 0 Å². The maximum atomic E-state index is 13.1. The van der Waals surface area contributed by atoms with Crippen LogP contribution in [0.2, 0.25) is 0 Å². The van der Waals surface area contributed by atoms with E-state index in [4.69, 9.17) is 4.98 Å². The largest absolute Gasteiger partial charge is 0.317 e. The van der Waals surface area contributed by atoms with Gasteiger partial charge in [0.05, 0.1) is 17.4 Å². The number of nitrogens with one attached hydrogen (secondary N) is 1. The van der Waals surface area contributed by atoms with E-state index in [0.717, 1.165) is 21.2 Å². The molecule has 0 aliphatic heterocycles. The number of hydrogen-bond acceptors (Lipinski definition) is 3. The molecule has 0 saturated heterocycles. The van der Waals surface area contributed by atoms with Crippen molar-refractivity contribution in [3.63, 3.8) is 0 Å². The summed E-state index contributed by atoms with van der Waals surface area (Å²) < 4.78 is 2.58. The van der Waals surface area contributed by atoms with Crippen molar-refractivity contribution in [1.82, 2.24) is 9.66 Å². The number of hydrogen-bond donors (Lipinski definition) is 1. The van der Waals surface area contributed by atoms with E-state index in [2.05, 4.69) is 21.4 Å². The number of aromatic nitrogens is 2. The van der Waals surface area contributed by atoms with E-state index in [-0.39, 0.29) is 5.56 Å². The highest BCUT2D eigenvalue weighted by atomic mass is 79.9. The van der Waals surface area contributed by atoms with Crippen LogP contribution in [-0.2, 0) is 6.54 Å². The number of benzene rings is 3. The van der Waals surface area contributed by atoms with Crippen LogP contribution in [0.5, 0.6) is 0 Å². The average molecular weight is 420 g/mol. The first-order chi connectivity index (χ1) is 13.1. The molecular formula is C22H18BrN3O. The van der Waals surface area contributed by atoms with Crippen LogP contribution in [0.1, 0.15) is 11.1 Å². The molecule has 0 unspecified atom stereocenters. The van der Waals surface area contributed by atoms with Crippen molar-refractivity contribution >= 4 is 26.8 Å². The molecule has 4 rings (SSSR count). The van der Waals surface area contributed by atoms with Crippen molar-refractivity contribution in [2.45, 2.75) is 13.5 Å². The molecule has 0 spiro atoms. The van der Waals surface area contributed by atoms with Crippen LogP contribution in [0.25, 0.3) is 22.3 Å². The van der Waals surface area contributed by atoms with Gasteiger partial charge in [-0.05, 0) is 42.8 Å². The Balaban J connectivity index is 1.83. The highest BCUT2D eigenvalue weighted by Gasteiger charge is 2.13. The summed E-state index contributed by atoms with van der Waals surface area (Å²) in [6, 6.07) is 23.5. The van der Waals surface area contributed by atoms with E-state index in [9.17, 15) is 4.79 Å². The lowest BCUT2D eigenvalue weighted by molar-refractivity contribution is 0.801. The second-order valence-electron chi connectivity index (χ2n) is 6.42. The standard InChI is InChI=1S/C22H18BrN3O/c1-15-5-4-6-17(13-15)21-25-20-8-3-2-7-19(20)22(27)26(21)24-14-16-9-11-18(23)12-10-16/h2-13,24H,14H2,1H3. The average Bonchev–Trinajstić information content (AvgIpc) is 2.68. The lowest BCUT2D eigenvalue weighted by Gasteiger charge is -2.16. The van der Waals surface area contributed by atoms with Crippen molar-refractivity contribution in [1.29, 1.82) is 0 Å². The van der Waals surface area contributed by atoms with E-state index in [1.54, 1.807) is 4.68 Å². The molecule has 5 heteroatoms. The third-order valence-corrected chi connectivity index (χ3v) is 4.94. The molecule has 134 valence electrons. The molecule has 0 aliphatic carbocycles. The number of fused-ring (bicyclic) bond motifs is 1. The molecule has 3 aromatic carbocycles. The van der Waals surface area contributed by atoms with Gasteiger partial charge in [0.2, 0.25) is 0 Å². The number of aryl methyl sites for hydroxylation is 1. The van der Waals surface area contributed by atoms with Gasteiger partial charge in [-0.3, -0.25) is 4.79 Å². The minimum absolute atomic E-state index is 0.103. The summed E-state index contributed by atoms with van der Waals surface area (Å²) in [4.78, 5) is 17.9. The molecule has 0 amide bonds. The van der Waals surface area contributed by atoms with Gasteiger partial charge < -0.3 is 5.43 Å². The van der Waals surface area contributed by atoms with E-state index in [1.807, 2.05) is 79.7 Å². The minimum atomic E-state index is -0.103. The van der Waals surface area contributed by atoms with Gasteiger partial charge in [0.1, 0.15) is 0 Å². The Bertz CT molecular complexity index is 1170. The summed E-state index contributed by atoms with van der Waals surface area (Å²) in [7, 11) is 0.